The monoisotopic (exact) mass is 336 g/mol. The summed E-state index contributed by atoms with van der Waals surface area (Å²) in [5.41, 5.74) is 5.93. The maximum absolute atomic E-state index is 11.4. The van der Waals surface area contributed by atoms with Crippen LogP contribution in [0, 0.1) is 13.8 Å². The lowest BCUT2D eigenvalue weighted by atomic mass is 9.81. The number of nitrogens with one attached hydrogen (secondary N) is 1. The Morgan fingerprint density at radius 1 is 1.09 bits per heavy atom. The van der Waals surface area contributed by atoms with Crippen LogP contribution in [0.2, 0.25) is 0 Å². The second kappa shape index (κ2) is 6.54. The molecule has 1 aliphatic carbocycles. The first-order valence-electron chi connectivity index (χ1n) is 8.65. The van der Waals surface area contributed by atoms with E-state index in [2.05, 4.69) is 35.6 Å². The molecule has 0 amide bonds. The second-order valence-corrected chi connectivity index (χ2v) is 8.98. The summed E-state index contributed by atoms with van der Waals surface area (Å²) in [6.45, 7) is 6.41. The maximum Gasteiger partial charge on any atom is 0.208 e. The lowest BCUT2D eigenvalue weighted by Crippen LogP contribution is -2.46. The van der Waals surface area contributed by atoms with E-state index in [0.717, 1.165) is 25.9 Å². The van der Waals surface area contributed by atoms with Gasteiger partial charge in [0.25, 0.3) is 0 Å². The van der Waals surface area contributed by atoms with Crippen LogP contribution in [0.4, 0.5) is 0 Å². The molecule has 1 saturated heterocycles. The van der Waals surface area contributed by atoms with Crippen molar-refractivity contribution >= 4 is 10.0 Å². The van der Waals surface area contributed by atoms with Gasteiger partial charge in [0.15, 0.2) is 0 Å². The van der Waals surface area contributed by atoms with Gasteiger partial charge in [0.2, 0.25) is 10.0 Å². The molecular formula is C18H28N2O2S. The van der Waals surface area contributed by atoms with Gasteiger partial charge in [0, 0.05) is 25.2 Å². The summed E-state index contributed by atoms with van der Waals surface area (Å²) in [6, 6.07) is 5.12. The van der Waals surface area contributed by atoms with E-state index in [9.17, 15) is 8.42 Å². The van der Waals surface area contributed by atoms with Gasteiger partial charge in [0.05, 0.1) is 6.26 Å². The number of hydrogen-bond acceptors (Lipinski definition) is 3. The fourth-order valence-corrected chi connectivity index (χ4v) is 5.14. The first-order valence-corrected chi connectivity index (χ1v) is 10.5. The number of likely N-dealkylation sites (tertiary alicyclic amines) is 1. The van der Waals surface area contributed by atoms with E-state index in [1.54, 1.807) is 11.1 Å². The molecule has 3 rings (SSSR count). The Balaban J connectivity index is 1.75. The second-order valence-electron chi connectivity index (χ2n) is 7.20. The van der Waals surface area contributed by atoms with Crippen molar-refractivity contribution in [3.8, 4) is 0 Å². The van der Waals surface area contributed by atoms with Gasteiger partial charge in [-0.15, -0.1) is 0 Å². The van der Waals surface area contributed by atoms with Crippen LogP contribution in [0.15, 0.2) is 12.1 Å². The fourth-order valence-electron chi connectivity index (χ4n) is 4.30. The van der Waals surface area contributed by atoms with Gasteiger partial charge >= 0.3 is 0 Å². The molecule has 1 atom stereocenters. The number of sulfonamides is 1. The van der Waals surface area contributed by atoms with Crippen molar-refractivity contribution in [3.05, 3.63) is 34.4 Å². The number of hydrogen-bond donors (Lipinski definition) is 1. The van der Waals surface area contributed by atoms with Crippen molar-refractivity contribution in [2.24, 2.45) is 0 Å². The van der Waals surface area contributed by atoms with Gasteiger partial charge in [-0.1, -0.05) is 12.1 Å². The predicted octanol–water partition coefficient (Wildman–Crippen LogP) is 2.69. The summed E-state index contributed by atoms with van der Waals surface area (Å²) in [5.74, 6) is 0. The molecule has 1 unspecified atom stereocenters. The molecule has 1 aliphatic heterocycles. The number of fused-ring (bicyclic) bond motifs is 1. The average Bonchev–Trinajstić information content (AvgIpc) is 2.50. The van der Waals surface area contributed by atoms with E-state index in [4.69, 9.17) is 0 Å². The number of nitrogens with zero attached hydrogens (tertiary/aromatic N) is 1. The Kier molecular flexibility index (Phi) is 4.81. The lowest BCUT2D eigenvalue weighted by Gasteiger charge is -2.41. The van der Waals surface area contributed by atoms with Crippen LogP contribution in [-0.2, 0) is 16.4 Å². The maximum atomic E-state index is 11.4. The van der Waals surface area contributed by atoms with Crippen molar-refractivity contribution in [3.63, 3.8) is 0 Å². The summed E-state index contributed by atoms with van der Waals surface area (Å²) < 4.78 is 25.6. The van der Waals surface area contributed by atoms with E-state index < -0.39 is 10.0 Å². The van der Waals surface area contributed by atoms with Crippen molar-refractivity contribution < 1.29 is 8.42 Å². The van der Waals surface area contributed by atoms with Crippen LogP contribution in [0.5, 0.6) is 0 Å². The summed E-state index contributed by atoms with van der Waals surface area (Å²) >= 11 is 0. The van der Waals surface area contributed by atoms with Gasteiger partial charge in [-0.2, -0.15) is 0 Å². The molecule has 128 valence electrons. The third-order valence-corrected chi connectivity index (χ3v) is 6.16. The largest absolute Gasteiger partial charge is 0.296 e. The molecule has 1 fully saturated rings. The minimum Gasteiger partial charge on any atom is -0.296 e. The standard InChI is InChI=1S/C18H28N2O2S/c1-13-7-8-14(2)18-16(13)5-4-6-17(18)20-11-9-15(10-12-20)19-23(3,21)22/h7-8,15,17,19H,4-6,9-12H2,1-3H3. The fraction of sp³-hybridized carbons (Fsp3) is 0.667. The van der Waals surface area contributed by atoms with E-state index in [-0.39, 0.29) is 6.04 Å². The summed E-state index contributed by atoms with van der Waals surface area (Å²) in [7, 11) is -3.10. The summed E-state index contributed by atoms with van der Waals surface area (Å²) in [6.07, 6.45) is 6.74. The molecule has 1 aromatic rings. The van der Waals surface area contributed by atoms with Crippen molar-refractivity contribution in [2.75, 3.05) is 19.3 Å². The van der Waals surface area contributed by atoms with Gasteiger partial charge in [0.1, 0.15) is 0 Å². The van der Waals surface area contributed by atoms with Crippen molar-refractivity contribution in [1.29, 1.82) is 0 Å². The Morgan fingerprint density at radius 2 is 1.74 bits per heavy atom. The van der Waals surface area contributed by atoms with Gasteiger partial charge in [-0.05, 0) is 68.2 Å². The van der Waals surface area contributed by atoms with E-state index in [1.807, 2.05) is 0 Å². The zero-order valence-electron chi connectivity index (χ0n) is 14.4. The molecule has 4 nitrogen and oxygen atoms in total. The van der Waals surface area contributed by atoms with Gasteiger partial charge in [-0.3, -0.25) is 4.90 Å². The molecule has 1 heterocycles. The highest BCUT2D eigenvalue weighted by atomic mass is 32.2. The first kappa shape index (κ1) is 16.9. The molecule has 0 bridgehead atoms. The zero-order chi connectivity index (χ0) is 16.6. The molecule has 1 N–H and O–H groups in total. The highest BCUT2D eigenvalue weighted by Gasteiger charge is 2.31. The molecule has 0 aromatic heterocycles. The summed E-state index contributed by atoms with van der Waals surface area (Å²) in [5, 5.41) is 0. The minimum absolute atomic E-state index is 0.0999. The van der Waals surface area contributed by atoms with Crippen LogP contribution >= 0.6 is 0 Å². The third-order valence-electron chi connectivity index (χ3n) is 5.40. The van der Waals surface area contributed by atoms with Crippen molar-refractivity contribution in [1.82, 2.24) is 9.62 Å². The number of rotatable bonds is 3. The highest BCUT2D eigenvalue weighted by molar-refractivity contribution is 7.88. The van der Waals surface area contributed by atoms with Crippen LogP contribution in [0.1, 0.15) is 54.0 Å². The Hall–Kier alpha value is -0.910. The lowest BCUT2D eigenvalue weighted by molar-refractivity contribution is 0.135. The molecule has 0 radical (unpaired) electrons. The molecule has 2 aliphatic rings. The van der Waals surface area contributed by atoms with Crippen LogP contribution in [-0.4, -0.2) is 38.7 Å². The van der Waals surface area contributed by atoms with E-state index in [1.165, 1.54) is 36.6 Å². The van der Waals surface area contributed by atoms with Crippen LogP contribution in [0.25, 0.3) is 0 Å². The minimum atomic E-state index is -3.10. The van der Waals surface area contributed by atoms with Gasteiger partial charge in [-0.25, -0.2) is 13.1 Å². The van der Waals surface area contributed by atoms with Crippen molar-refractivity contribution in [2.45, 2.75) is 58.0 Å². The molecule has 0 saturated carbocycles. The molecule has 0 spiro atoms. The Labute approximate surface area is 140 Å². The molecule has 23 heavy (non-hydrogen) atoms. The topological polar surface area (TPSA) is 49.4 Å². The van der Waals surface area contributed by atoms with Gasteiger partial charge < -0.3 is 0 Å². The Morgan fingerprint density at radius 3 is 2.39 bits per heavy atom. The molecular weight excluding hydrogens is 308 g/mol. The van der Waals surface area contributed by atoms with E-state index in [0.29, 0.717) is 6.04 Å². The first-order chi connectivity index (χ1) is 10.8. The normalized spacial score (nSPS) is 23.7. The summed E-state index contributed by atoms with van der Waals surface area (Å²) in [4.78, 5) is 2.57. The number of aryl methyl sites for hydroxylation is 2. The average molecular weight is 337 g/mol. The smallest absolute Gasteiger partial charge is 0.208 e. The zero-order valence-corrected chi connectivity index (χ0v) is 15.2. The predicted molar refractivity (Wildman–Crippen MR) is 94.2 cm³/mol. The van der Waals surface area contributed by atoms with E-state index >= 15 is 0 Å². The molecule has 1 aromatic carbocycles. The quantitative estimate of drug-likeness (QED) is 0.923. The Bertz CT molecular complexity index is 677. The third kappa shape index (κ3) is 3.78. The SMILES string of the molecule is Cc1ccc(C)c2c1CCCC2N1CCC(NS(C)(=O)=O)CC1. The highest BCUT2D eigenvalue weighted by Crippen LogP contribution is 2.39. The van der Waals surface area contributed by atoms with Crippen LogP contribution in [0.3, 0.4) is 0 Å². The number of piperidine rings is 1. The number of benzene rings is 1. The van der Waals surface area contributed by atoms with Crippen LogP contribution < -0.4 is 4.72 Å². The molecule has 5 heteroatoms.